The van der Waals surface area contributed by atoms with E-state index in [4.69, 9.17) is 9.84 Å². The summed E-state index contributed by atoms with van der Waals surface area (Å²) in [5.41, 5.74) is 3.57. The molecule has 1 aliphatic heterocycles. The summed E-state index contributed by atoms with van der Waals surface area (Å²) in [6, 6.07) is 10.3. The summed E-state index contributed by atoms with van der Waals surface area (Å²) in [6.07, 6.45) is 5.27. The molecule has 2 heterocycles. The highest BCUT2D eigenvalue weighted by Gasteiger charge is 2.30. The van der Waals surface area contributed by atoms with Gasteiger partial charge in [-0.15, -0.1) is 0 Å². The largest absolute Gasteiger partial charge is 0.444 e. The zero-order valence-corrected chi connectivity index (χ0v) is 19.4. The number of nitrogens with zero attached hydrogens (tertiary/aromatic N) is 3. The van der Waals surface area contributed by atoms with Crippen molar-refractivity contribution in [3.05, 3.63) is 52.8 Å². The number of amides is 2. The third-order valence-electron chi connectivity index (χ3n) is 6.13. The maximum atomic E-state index is 13.2. The highest BCUT2D eigenvalue weighted by atomic mass is 16.6. The Morgan fingerprint density at radius 3 is 2.47 bits per heavy atom. The standard InChI is InChI=1S/C25H34N4O3/c1-25(2,3)32-24(31)28-15-13-19(14-16-28)26-23(30)22-20-11-7-8-12-21(20)29(27-22)17-18-9-5-4-6-10-18/h4-6,9-10,19H,7-8,11-17H2,1-3H3,(H,26,30). The Bertz CT molecular complexity index is 954. The Morgan fingerprint density at radius 2 is 1.78 bits per heavy atom. The first-order valence-electron chi connectivity index (χ1n) is 11.7. The number of ether oxygens (including phenoxy) is 1. The Balaban J connectivity index is 1.40. The van der Waals surface area contributed by atoms with Crippen molar-refractivity contribution in [2.24, 2.45) is 0 Å². The van der Waals surface area contributed by atoms with Gasteiger partial charge in [-0.1, -0.05) is 30.3 Å². The summed E-state index contributed by atoms with van der Waals surface area (Å²) in [5.74, 6) is -0.0920. The lowest BCUT2D eigenvalue weighted by atomic mass is 9.95. The SMILES string of the molecule is CC(C)(C)OC(=O)N1CCC(NC(=O)c2nn(Cc3ccccc3)c3c2CCCC3)CC1. The smallest absolute Gasteiger partial charge is 0.410 e. The monoisotopic (exact) mass is 438 g/mol. The van der Waals surface area contributed by atoms with Crippen molar-refractivity contribution < 1.29 is 14.3 Å². The number of rotatable bonds is 4. The summed E-state index contributed by atoms with van der Waals surface area (Å²) < 4.78 is 7.48. The molecule has 0 bridgehead atoms. The molecule has 1 saturated heterocycles. The fourth-order valence-corrected chi connectivity index (χ4v) is 4.53. The van der Waals surface area contributed by atoms with E-state index in [-0.39, 0.29) is 18.0 Å². The van der Waals surface area contributed by atoms with E-state index in [9.17, 15) is 9.59 Å². The van der Waals surface area contributed by atoms with E-state index in [1.165, 1.54) is 11.3 Å². The predicted octanol–water partition coefficient (Wildman–Crippen LogP) is 3.94. The Labute approximate surface area is 190 Å². The van der Waals surface area contributed by atoms with Crippen molar-refractivity contribution in [3.8, 4) is 0 Å². The Hall–Kier alpha value is -2.83. The highest BCUT2D eigenvalue weighted by Crippen LogP contribution is 2.26. The molecule has 1 aromatic carbocycles. The van der Waals surface area contributed by atoms with Crippen LogP contribution >= 0.6 is 0 Å². The lowest BCUT2D eigenvalue weighted by Crippen LogP contribution is -2.48. The molecule has 32 heavy (non-hydrogen) atoms. The fraction of sp³-hybridized carbons (Fsp3) is 0.560. The summed E-state index contributed by atoms with van der Waals surface area (Å²) in [4.78, 5) is 27.2. The number of carbonyl (C=O) groups excluding carboxylic acids is 2. The van der Waals surface area contributed by atoms with Crippen LogP contribution < -0.4 is 5.32 Å². The van der Waals surface area contributed by atoms with Gasteiger partial charge in [0.2, 0.25) is 0 Å². The summed E-state index contributed by atoms with van der Waals surface area (Å²) in [7, 11) is 0. The lowest BCUT2D eigenvalue weighted by Gasteiger charge is -2.33. The van der Waals surface area contributed by atoms with Gasteiger partial charge < -0.3 is 15.0 Å². The molecule has 172 valence electrons. The number of fused-ring (bicyclic) bond motifs is 1. The van der Waals surface area contributed by atoms with Crippen LogP contribution in [0.15, 0.2) is 30.3 Å². The third kappa shape index (κ3) is 5.31. The van der Waals surface area contributed by atoms with Gasteiger partial charge in [-0.05, 0) is 64.9 Å². The van der Waals surface area contributed by atoms with Crippen LogP contribution in [0.25, 0.3) is 0 Å². The van der Waals surface area contributed by atoms with Crippen LogP contribution in [0.4, 0.5) is 4.79 Å². The van der Waals surface area contributed by atoms with E-state index < -0.39 is 5.60 Å². The summed E-state index contributed by atoms with van der Waals surface area (Å²) >= 11 is 0. The average Bonchev–Trinajstić information content (AvgIpc) is 3.12. The average molecular weight is 439 g/mol. The molecule has 4 rings (SSSR count). The van der Waals surface area contributed by atoms with Crippen LogP contribution in [0.5, 0.6) is 0 Å². The van der Waals surface area contributed by atoms with Gasteiger partial charge in [0.05, 0.1) is 6.54 Å². The molecule has 2 aromatic rings. The van der Waals surface area contributed by atoms with Gasteiger partial charge in [0.15, 0.2) is 5.69 Å². The highest BCUT2D eigenvalue weighted by molar-refractivity contribution is 5.94. The van der Waals surface area contributed by atoms with Crippen molar-refractivity contribution in [1.82, 2.24) is 20.0 Å². The summed E-state index contributed by atoms with van der Waals surface area (Å²) in [6.45, 7) is 7.46. The van der Waals surface area contributed by atoms with Crippen molar-refractivity contribution >= 4 is 12.0 Å². The van der Waals surface area contributed by atoms with Crippen molar-refractivity contribution in [2.75, 3.05) is 13.1 Å². The van der Waals surface area contributed by atoms with Crippen LogP contribution in [0.2, 0.25) is 0 Å². The first-order chi connectivity index (χ1) is 15.3. The normalized spacial score (nSPS) is 17.0. The van der Waals surface area contributed by atoms with Crippen molar-refractivity contribution in [2.45, 2.75) is 77.5 Å². The number of piperidine rings is 1. The van der Waals surface area contributed by atoms with Crippen LogP contribution in [0.1, 0.15) is 73.8 Å². The number of benzene rings is 1. The topological polar surface area (TPSA) is 76.5 Å². The second-order valence-corrected chi connectivity index (χ2v) is 9.84. The minimum atomic E-state index is -0.500. The summed E-state index contributed by atoms with van der Waals surface area (Å²) in [5, 5.41) is 7.93. The van der Waals surface area contributed by atoms with Crippen LogP contribution in [0.3, 0.4) is 0 Å². The van der Waals surface area contributed by atoms with E-state index in [0.717, 1.165) is 44.1 Å². The number of aromatic nitrogens is 2. The second-order valence-electron chi connectivity index (χ2n) is 9.84. The molecule has 7 heteroatoms. The molecule has 1 fully saturated rings. The lowest BCUT2D eigenvalue weighted by molar-refractivity contribution is 0.0199. The van der Waals surface area contributed by atoms with E-state index in [1.807, 2.05) is 43.7 Å². The van der Waals surface area contributed by atoms with Gasteiger partial charge in [0.25, 0.3) is 5.91 Å². The second kappa shape index (κ2) is 9.35. The Morgan fingerprint density at radius 1 is 1.09 bits per heavy atom. The molecule has 2 aliphatic rings. The van der Waals surface area contributed by atoms with Gasteiger partial charge in [-0.2, -0.15) is 5.10 Å². The van der Waals surface area contributed by atoms with E-state index in [2.05, 4.69) is 17.4 Å². The molecule has 0 radical (unpaired) electrons. The quantitative estimate of drug-likeness (QED) is 0.785. The molecule has 2 amide bonds. The molecular formula is C25H34N4O3. The zero-order chi connectivity index (χ0) is 22.7. The van der Waals surface area contributed by atoms with E-state index in [1.54, 1.807) is 4.90 Å². The third-order valence-corrected chi connectivity index (χ3v) is 6.13. The maximum absolute atomic E-state index is 13.2. The Kier molecular flexibility index (Phi) is 6.53. The number of hydrogen-bond donors (Lipinski definition) is 1. The maximum Gasteiger partial charge on any atom is 0.410 e. The van der Waals surface area contributed by atoms with Crippen molar-refractivity contribution in [3.63, 3.8) is 0 Å². The van der Waals surface area contributed by atoms with Crippen LogP contribution in [0, 0.1) is 0 Å². The number of nitrogens with one attached hydrogen (secondary N) is 1. The molecule has 0 atom stereocenters. The van der Waals surface area contributed by atoms with Gasteiger partial charge >= 0.3 is 6.09 Å². The number of likely N-dealkylation sites (tertiary alicyclic amines) is 1. The number of carbonyl (C=O) groups is 2. The molecule has 0 spiro atoms. The predicted molar refractivity (Wildman–Crippen MR) is 123 cm³/mol. The molecule has 1 N–H and O–H groups in total. The first kappa shape index (κ1) is 22.4. The molecule has 1 aromatic heterocycles. The van der Waals surface area contributed by atoms with E-state index in [0.29, 0.717) is 25.3 Å². The molecule has 1 aliphatic carbocycles. The van der Waals surface area contributed by atoms with Gasteiger partial charge in [-0.3, -0.25) is 9.48 Å². The minimum Gasteiger partial charge on any atom is -0.444 e. The van der Waals surface area contributed by atoms with E-state index >= 15 is 0 Å². The molecule has 0 saturated carbocycles. The fourth-order valence-electron chi connectivity index (χ4n) is 4.53. The van der Waals surface area contributed by atoms with Gasteiger partial charge in [-0.25, -0.2) is 4.79 Å². The van der Waals surface area contributed by atoms with Gasteiger partial charge in [0.1, 0.15) is 5.60 Å². The minimum absolute atomic E-state index is 0.0414. The molecule has 7 nitrogen and oxygen atoms in total. The van der Waals surface area contributed by atoms with Gasteiger partial charge in [0, 0.05) is 30.4 Å². The van der Waals surface area contributed by atoms with Crippen LogP contribution in [-0.2, 0) is 24.1 Å². The van der Waals surface area contributed by atoms with Crippen LogP contribution in [-0.4, -0.2) is 51.4 Å². The molecular weight excluding hydrogens is 404 g/mol. The zero-order valence-electron chi connectivity index (χ0n) is 19.4. The first-order valence-corrected chi connectivity index (χ1v) is 11.7. The van der Waals surface area contributed by atoms with Crippen molar-refractivity contribution in [1.29, 1.82) is 0 Å². The molecule has 0 unspecified atom stereocenters. The number of hydrogen-bond acceptors (Lipinski definition) is 4.